The monoisotopic (exact) mass is 468 g/mol. The molecule has 0 bridgehead atoms. The molecular weight excluding hydrogens is 439 g/mol. The summed E-state index contributed by atoms with van der Waals surface area (Å²) >= 11 is 0. The largest absolute Gasteiger partial charge is 0.357 e. The van der Waals surface area contributed by atoms with Crippen molar-refractivity contribution in [2.24, 2.45) is 10.9 Å². The molecule has 0 aliphatic carbocycles. The highest BCUT2D eigenvalue weighted by molar-refractivity contribution is 14.0. The fourth-order valence-corrected chi connectivity index (χ4v) is 3.35. The first-order valence-corrected chi connectivity index (χ1v) is 9.10. The Labute approximate surface area is 173 Å². The predicted octanol–water partition coefficient (Wildman–Crippen LogP) is 3.25. The molecule has 0 saturated carbocycles. The zero-order chi connectivity index (χ0) is 17.6. The van der Waals surface area contributed by atoms with E-state index in [9.17, 15) is 0 Å². The van der Waals surface area contributed by atoms with E-state index in [4.69, 9.17) is 4.99 Å². The lowest BCUT2D eigenvalue weighted by molar-refractivity contribution is 0.189. The van der Waals surface area contributed by atoms with Gasteiger partial charge in [0.2, 0.25) is 0 Å². The van der Waals surface area contributed by atoms with Crippen LogP contribution < -0.4 is 5.32 Å². The van der Waals surface area contributed by atoms with Gasteiger partial charge in [0.25, 0.3) is 0 Å². The Balaban J connectivity index is 0.00000243. The molecule has 2 aromatic rings. The second-order valence-corrected chi connectivity index (χ2v) is 6.73. The van der Waals surface area contributed by atoms with Crippen molar-refractivity contribution in [3.05, 3.63) is 48.3 Å². The minimum Gasteiger partial charge on any atom is -0.357 e. The molecule has 3 rings (SSSR count). The molecule has 26 heavy (non-hydrogen) atoms. The maximum Gasteiger partial charge on any atom is 0.194 e. The number of rotatable bonds is 4. The third kappa shape index (κ3) is 4.96. The highest BCUT2D eigenvalue weighted by Gasteiger charge is 2.28. The number of aryl methyl sites for hydroxylation is 1. The van der Waals surface area contributed by atoms with E-state index >= 15 is 0 Å². The van der Waals surface area contributed by atoms with E-state index in [1.54, 1.807) is 0 Å². The smallest absolute Gasteiger partial charge is 0.194 e. The Hall–Kier alpha value is -1.64. The van der Waals surface area contributed by atoms with E-state index < -0.39 is 0 Å². The number of imidazole rings is 1. The number of hydrogen-bond acceptors (Lipinski definition) is 3. The van der Waals surface area contributed by atoms with Crippen LogP contribution in [0.1, 0.15) is 37.6 Å². The molecule has 0 spiro atoms. The summed E-state index contributed by atoms with van der Waals surface area (Å²) in [4.78, 5) is 15.9. The van der Waals surface area contributed by atoms with E-state index in [0.717, 1.165) is 37.7 Å². The van der Waals surface area contributed by atoms with Crippen LogP contribution in [0.4, 0.5) is 0 Å². The minimum absolute atomic E-state index is 0. The SMILES string of the molecule is CCNC(=NCc1ncccc1C)N1CCC(C)C(n2ccnc2)C1.I. The number of guanidine groups is 1. The van der Waals surface area contributed by atoms with Gasteiger partial charge in [-0.05, 0) is 37.8 Å². The van der Waals surface area contributed by atoms with E-state index in [2.05, 4.69) is 57.8 Å². The Bertz CT molecular complexity index is 700. The van der Waals surface area contributed by atoms with Gasteiger partial charge in [0.05, 0.1) is 24.6 Å². The standard InChI is InChI=1S/C19H28N6.HI/c1-4-21-19(23-12-17-15(2)6-5-8-22-17)24-10-7-16(3)18(13-24)25-11-9-20-14-25;/h5-6,8-9,11,14,16,18H,4,7,10,12-13H2,1-3H3,(H,21,23);1H. The molecule has 6 nitrogen and oxygen atoms in total. The third-order valence-electron chi connectivity index (χ3n) is 4.96. The molecule has 2 unspecified atom stereocenters. The van der Waals surface area contributed by atoms with Crippen LogP contribution in [-0.4, -0.2) is 45.0 Å². The number of nitrogens with one attached hydrogen (secondary N) is 1. The molecule has 0 radical (unpaired) electrons. The molecule has 142 valence electrons. The summed E-state index contributed by atoms with van der Waals surface area (Å²) in [6.07, 6.45) is 8.82. The van der Waals surface area contributed by atoms with Crippen LogP contribution >= 0.6 is 24.0 Å². The van der Waals surface area contributed by atoms with Crippen LogP contribution in [0.25, 0.3) is 0 Å². The summed E-state index contributed by atoms with van der Waals surface area (Å²) in [7, 11) is 0. The van der Waals surface area contributed by atoms with Crippen LogP contribution in [-0.2, 0) is 6.54 Å². The second kappa shape index (κ2) is 9.89. The molecule has 1 fully saturated rings. The van der Waals surface area contributed by atoms with Gasteiger partial charge in [-0.25, -0.2) is 9.98 Å². The van der Waals surface area contributed by atoms with Crippen molar-refractivity contribution >= 4 is 29.9 Å². The summed E-state index contributed by atoms with van der Waals surface area (Å²) in [6, 6.07) is 4.48. The van der Waals surface area contributed by atoms with Crippen LogP contribution in [0, 0.1) is 12.8 Å². The summed E-state index contributed by atoms with van der Waals surface area (Å²) in [6.45, 7) is 9.97. The lowest BCUT2D eigenvalue weighted by Gasteiger charge is -2.39. The summed E-state index contributed by atoms with van der Waals surface area (Å²) in [5.41, 5.74) is 2.22. The molecule has 1 aliphatic heterocycles. The van der Waals surface area contributed by atoms with Crippen LogP contribution in [0.5, 0.6) is 0 Å². The highest BCUT2D eigenvalue weighted by atomic mass is 127. The Morgan fingerprint density at radius 3 is 2.92 bits per heavy atom. The quantitative estimate of drug-likeness (QED) is 0.425. The normalized spacial score (nSPS) is 20.6. The van der Waals surface area contributed by atoms with Crippen molar-refractivity contribution in [2.75, 3.05) is 19.6 Å². The predicted molar refractivity (Wildman–Crippen MR) is 116 cm³/mol. The van der Waals surface area contributed by atoms with Crippen LogP contribution in [0.2, 0.25) is 0 Å². The second-order valence-electron chi connectivity index (χ2n) is 6.73. The number of hydrogen-bond donors (Lipinski definition) is 1. The number of aromatic nitrogens is 3. The van der Waals surface area contributed by atoms with Gasteiger partial charge in [-0.15, -0.1) is 24.0 Å². The maximum atomic E-state index is 4.85. The number of nitrogens with zero attached hydrogens (tertiary/aromatic N) is 5. The Kier molecular flexibility index (Phi) is 7.86. The van der Waals surface area contributed by atoms with Crippen molar-refractivity contribution in [3.8, 4) is 0 Å². The van der Waals surface area contributed by atoms with Crippen molar-refractivity contribution in [1.82, 2.24) is 24.8 Å². The van der Waals surface area contributed by atoms with Gasteiger partial charge in [-0.2, -0.15) is 0 Å². The zero-order valence-electron chi connectivity index (χ0n) is 15.8. The van der Waals surface area contributed by atoms with E-state index in [1.165, 1.54) is 5.56 Å². The van der Waals surface area contributed by atoms with Crippen molar-refractivity contribution < 1.29 is 0 Å². The Morgan fingerprint density at radius 2 is 2.23 bits per heavy atom. The lowest BCUT2D eigenvalue weighted by Crippen LogP contribution is -2.49. The number of piperidine rings is 1. The molecule has 2 atom stereocenters. The molecule has 2 aromatic heterocycles. The number of likely N-dealkylation sites (tertiary alicyclic amines) is 1. The molecule has 1 saturated heterocycles. The maximum absolute atomic E-state index is 4.85. The van der Waals surface area contributed by atoms with Gasteiger partial charge in [-0.3, -0.25) is 4.98 Å². The fraction of sp³-hybridized carbons (Fsp3) is 0.526. The Morgan fingerprint density at radius 1 is 1.38 bits per heavy atom. The van der Waals surface area contributed by atoms with Gasteiger partial charge >= 0.3 is 0 Å². The van der Waals surface area contributed by atoms with Gasteiger partial charge < -0.3 is 14.8 Å². The first kappa shape index (κ1) is 20.7. The number of halogens is 1. The molecular formula is C19H29IN6. The molecule has 0 amide bonds. The van der Waals surface area contributed by atoms with Gasteiger partial charge in [0, 0.05) is 38.2 Å². The van der Waals surface area contributed by atoms with E-state index in [0.29, 0.717) is 18.5 Å². The average molecular weight is 468 g/mol. The summed E-state index contributed by atoms with van der Waals surface area (Å²) in [5, 5.41) is 3.45. The van der Waals surface area contributed by atoms with Gasteiger partial charge in [0.1, 0.15) is 0 Å². The fourth-order valence-electron chi connectivity index (χ4n) is 3.35. The van der Waals surface area contributed by atoms with Gasteiger partial charge in [0.15, 0.2) is 5.96 Å². The molecule has 3 heterocycles. The average Bonchev–Trinajstić information content (AvgIpc) is 3.15. The molecule has 7 heteroatoms. The van der Waals surface area contributed by atoms with Crippen LogP contribution in [0.15, 0.2) is 42.0 Å². The number of aliphatic imine (C=N–C) groups is 1. The first-order chi connectivity index (χ1) is 12.2. The summed E-state index contributed by atoms with van der Waals surface area (Å²) < 4.78 is 2.23. The first-order valence-electron chi connectivity index (χ1n) is 9.10. The molecule has 1 aliphatic rings. The topological polar surface area (TPSA) is 58.3 Å². The van der Waals surface area contributed by atoms with E-state index in [-0.39, 0.29) is 24.0 Å². The number of pyridine rings is 1. The van der Waals surface area contributed by atoms with Gasteiger partial charge in [-0.1, -0.05) is 13.0 Å². The highest BCUT2D eigenvalue weighted by Crippen LogP contribution is 2.27. The van der Waals surface area contributed by atoms with E-state index in [1.807, 2.05) is 24.8 Å². The lowest BCUT2D eigenvalue weighted by atomic mass is 9.93. The van der Waals surface area contributed by atoms with Crippen molar-refractivity contribution in [3.63, 3.8) is 0 Å². The molecule has 1 N–H and O–H groups in total. The van der Waals surface area contributed by atoms with Crippen LogP contribution in [0.3, 0.4) is 0 Å². The van der Waals surface area contributed by atoms with Crippen molar-refractivity contribution in [2.45, 2.75) is 39.8 Å². The minimum atomic E-state index is 0. The zero-order valence-corrected chi connectivity index (χ0v) is 18.1. The van der Waals surface area contributed by atoms with Crippen molar-refractivity contribution in [1.29, 1.82) is 0 Å². The third-order valence-corrected chi connectivity index (χ3v) is 4.96. The summed E-state index contributed by atoms with van der Waals surface area (Å²) in [5.74, 6) is 1.61. The molecule has 0 aromatic carbocycles.